The molecule has 0 aliphatic carbocycles. The SMILES string of the molecule is NCc1ccccc1CNc1ccccc1Cl. The van der Waals surface area contributed by atoms with Crippen LogP contribution in [0.15, 0.2) is 48.5 Å². The molecule has 3 N–H and O–H groups in total. The van der Waals surface area contributed by atoms with Gasteiger partial charge in [0.15, 0.2) is 0 Å². The number of rotatable bonds is 4. The highest BCUT2D eigenvalue weighted by Gasteiger charge is 2.01. The zero-order valence-corrected chi connectivity index (χ0v) is 10.2. The van der Waals surface area contributed by atoms with E-state index in [0.29, 0.717) is 6.54 Å². The summed E-state index contributed by atoms with van der Waals surface area (Å²) in [7, 11) is 0. The number of nitrogens with two attached hydrogens (primary N) is 1. The van der Waals surface area contributed by atoms with E-state index < -0.39 is 0 Å². The molecule has 0 radical (unpaired) electrons. The monoisotopic (exact) mass is 246 g/mol. The Morgan fingerprint density at radius 2 is 1.59 bits per heavy atom. The van der Waals surface area contributed by atoms with Crippen LogP contribution in [-0.2, 0) is 13.1 Å². The molecule has 0 atom stereocenters. The summed E-state index contributed by atoms with van der Waals surface area (Å²) in [4.78, 5) is 0. The van der Waals surface area contributed by atoms with Crippen molar-refractivity contribution in [3.63, 3.8) is 0 Å². The molecule has 88 valence electrons. The van der Waals surface area contributed by atoms with E-state index in [-0.39, 0.29) is 0 Å². The van der Waals surface area contributed by atoms with Gasteiger partial charge in [-0.15, -0.1) is 0 Å². The lowest BCUT2D eigenvalue weighted by molar-refractivity contribution is 1.01. The van der Waals surface area contributed by atoms with Gasteiger partial charge in [0.05, 0.1) is 10.7 Å². The maximum Gasteiger partial charge on any atom is 0.0637 e. The highest BCUT2D eigenvalue weighted by molar-refractivity contribution is 6.33. The summed E-state index contributed by atoms with van der Waals surface area (Å²) < 4.78 is 0. The summed E-state index contributed by atoms with van der Waals surface area (Å²) in [6.07, 6.45) is 0. The number of hydrogen-bond donors (Lipinski definition) is 2. The molecule has 0 heterocycles. The molecule has 0 unspecified atom stereocenters. The normalized spacial score (nSPS) is 10.2. The van der Waals surface area contributed by atoms with E-state index in [2.05, 4.69) is 11.4 Å². The maximum absolute atomic E-state index is 6.08. The van der Waals surface area contributed by atoms with E-state index in [4.69, 9.17) is 17.3 Å². The van der Waals surface area contributed by atoms with Crippen LogP contribution in [0.5, 0.6) is 0 Å². The summed E-state index contributed by atoms with van der Waals surface area (Å²) in [6, 6.07) is 15.9. The van der Waals surface area contributed by atoms with Crippen molar-refractivity contribution in [2.24, 2.45) is 5.73 Å². The van der Waals surface area contributed by atoms with Crippen molar-refractivity contribution in [3.05, 3.63) is 64.7 Å². The van der Waals surface area contributed by atoms with E-state index in [0.717, 1.165) is 22.8 Å². The number of anilines is 1. The van der Waals surface area contributed by atoms with Crippen molar-refractivity contribution in [2.45, 2.75) is 13.1 Å². The second kappa shape index (κ2) is 5.71. The molecule has 2 rings (SSSR count). The molecule has 0 fully saturated rings. The predicted molar refractivity (Wildman–Crippen MR) is 73.1 cm³/mol. The fourth-order valence-electron chi connectivity index (χ4n) is 1.72. The Hall–Kier alpha value is -1.51. The molecule has 0 bridgehead atoms. The Bertz CT molecular complexity index is 497. The maximum atomic E-state index is 6.08. The third kappa shape index (κ3) is 2.99. The Labute approximate surface area is 106 Å². The summed E-state index contributed by atoms with van der Waals surface area (Å²) in [5, 5.41) is 4.05. The average molecular weight is 247 g/mol. The number of hydrogen-bond acceptors (Lipinski definition) is 2. The fourth-order valence-corrected chi connectivity index (χ4v) is 1.93. The van der Waals surface area contributed by atoms with Crippen LogP contribution in [0.3, 0.4) is 0 Å². The molecule has 17 heavy (non-hydrogen) atoms. The lowest BCUT2D eigenvalue weighted by Crippen LogP contribution is -2.06. The molecule has 0 aromatic heterocycles. The average Bonchev–Trinajstić information content (AvgIpc) is 2.38. The number of halogens is 1. The molecule has 2 aromatic carbocycles. The first-order chi connectivity index (χ1) is 8.31. The molecular weight excluding hydrogens is 232 g/mol. The smallest absolute Gasteiger partial charge is 0.0637 e. The lowest BCUT2D eigenvalue weighted by Gasteiger charge is -2.11. The van der Waals surface area contributed by atoms with Gasteiger partial charge < -0.3 is 11.1 Å². The van der Waals surface area contributed by atoms with E-state index >= 15 is 0 Å². The molecule has 2 aromatic rings. The van der Waals surface area contributed by atoms with Crippen LogP contribution in [0.25, 0.3) is 0 Å². The third-order valence-electron chi connectivity index (χ3n) is 2.68. The van der Waals surface area contributed by atoms with Gasteiger partial charge in [0.2, 0.25) is 0 Å². The van der Waals surface area contributed by atoms with E-state index in [1.54, 1.807) is 0 Å². The van der Waals surface area contributed by atoms with Gasteiger partial charge >= 0.3 is 0 Å². The predicted octanol–water partition coefficient (Wildman–Crippen LogP) is 3.41. The summed E-state index contributed by atoms with van der Waals surface area (Å²) >= 11 is 6.08. The minimum absolute atomic E-state index is 0.556. The first kappa shape index (κ1) is 12.0. The quantitative estimate of drug-likeness (QED) is 0.868. The third-order valence-corrected chi connectivity index (χ3v) is 3.01. The van der Waals surface area contributed by atoms with Crippen LogP contribution >= 0.6 is 11.6 Å². The van der Waals surface area contributed by atoms with Crippen LogP contribution in [0.4, 0.5) is 5.69 Å². The molecule has 0 saturated heterocycles. The van der Waals surface area contributed by atoms with Crippen LogP contribution in [0.2, 0.25) is 5.02 Å². The van der Waals surface area contributed by atoms with Gasteiger partial charge in [-0.1, -0.05) is 48.0 Å². The van der Waals surface area contributed by atoms with Gasteiger partial charge in [-0.2, -0.15) is 0 Å². The second-order valence-corrected chi connectivity index (χ2v) is 4.21. The molecule has 3 heteroatoms. The summed E-state index contributed by atoms with van der Waals surface area (Å²) in [5.74, 6) is 0. The lowest BCUT2D eigenvalue weighted by atomic mass is 10.1. The zero-order valence-electron chi connectivity index (χ0n) is 9.49. The first-order valence-electron chi connectivity index (χ1n) is 5.56. The number of nitrogens with one attached hydrogen (secondary N) is 1. The van der Waals surface area contributed by atoms with Crippen molar-refractivity contribution in [2.75, 3.05) is 5.32 Å². The number of benzene rings is 2. The second-order valence-electron chi connectivity index (χ2n) is 3.81. The topological polar surface area (TPSA) is 38.0 Å². The molecule has 0 aliphatic rings. The Kier molecular flexibility index (Phi) is 4.02. The largest absolute Gasteiger partial charge is 0.380 e. The Balaban J connectivity index is 2.10. The Morgan fingerprint density at radius 3 is 2.29 bits per heavy atom. The molecular formula is C14H15ClN2. The van der Waals surface area contributed by atoms with Crippen molar-refractivity contribution in [1.82, 2.24) is 0 Å². The summed E-state index contributed by atoms with van der Waals surface area (Å²) in [5.41, 5.74) is 9.00. The van der Waals surface area contributed by atoms with Gasteiger partial charge in [0.25, 0.3) is 0 Å². The minimum atomic E-state index is 0.556. The van der Waals surface area contributed by atoms with Gasteiger partial charge in [-0.05, 0) is 23.3 Å². The fraction of sp³-hybridized carbons (Fsp3) is 0.143. The van der Waals surface area contributed by atoms with E-state index in [1.165, 1.54) is 5.56 Å². The standard InChI is InChI=1S/C14H15ClN2/c15-13-7-3-4-8-14(13)17-10-12-6-2-1-5-11(12)9-16/h1-8,17H,9-10,16H2. The van der Waals surface area contributed by atoms with Crippen LogP contribution in [0, 0.1) is 0 Å². The molecule has 2 nitrogen and oxygen atoms in total. The van der Waals surface area contributed by atoms with Crippen LogP contribution in [0.1, 0.15) is 11.1 Å². The summed E-state index contributed by atoms with van der Waals surface area (Å²) in [6.45, 7) is 1.29. The van der Waals surface area contributed by atoms with Gasteiger partial charge in [-0.25, -0.2) is 0 Å². The highest BCUT2D eigenvalue weighted by atomic mass is 35.5. The zero-order chi connectivity index (χ0) is 12.1. The van der Waals surface area contributed by atoms with E-state index in [1.807, 2.05) is 42.5 Å². The van der Waals surface area contributed by atoms with Crippen molar-refractivity contribution in [3.8, 4) is 0 Å². The number of para-hydroxylation sites is 1. The molecule has 0 aliphatic heterocycles. The molecule has 0 saturated carbocycles. The molecule has 0 amide bonds. The van der Waals surface area contributed by atoms with Gasteiger partial charge in [0.1, 0.15) is 0 Å². The first-order valence-corrected chi connectivity index (χ1v) is 5.94. The minimum Gasteiger partial charge on any atom is -0.380 e. The van der Waals surface area contributed by atoms with Gasteiger partial charge in [-0.3, -0.25) is 0 Å². The van der Waals surface area contributed by atoms with E-state index in [9.17, 15) is 0 Å². The molecule has 0 spiro atoms. The van der Waals surface area contributed by atoms with Gasteiger partial charge in [0, 0.05) is 13.1 Å². The highest BCUT2D eigenvalue weighted by Crippen LogP contribution is 2.21. The van der Waals surface area contributed by atoms with Crippen LogP contribution < -0.4 is 11.1 Å². The van der Waals surface area contributed by atoms with Crippen molar-refractivity contribution >= 4 is 17.3 Å². The van der Waals surface area contributed by atoms with Crippen molar-refractivity contribution < 1.29 is 0 Å². The van der Waals surface area contributed by atoms with Crippen LogP contribution in [-0.4, -0.2) is 0 Å². The van der Waals surface area contributed by atoms with Crippen molar-refractivity contribution in [1.29, 1.82) is 0 Å². The Morgan fingerprint density at radius 1 is 0.941 bits per heavy atom.